The van der Waals surface area contributed by atoms with Crippen LogP contribution in [-0.4, -0.2) is 0 Å². The van der Waals surface area contributed by atoms with Crippen LogP contribution in [0.3, 0.4) is 0 Å². The first-order valence-corrected chi connectivity index (χ1v) is 10.8. The van der Waals surface area contributed by atoms with Gasteiger partial charge in [-0.05, 0) is 61.2 Å². The average Bonchev–Trinajstić information content (AvgIpc) is 2.35. The molecule has 22 heavy (non-hydrogen) atoms. The van der Waals surface area contributed by atoms with Gasteiger partial charge in [0.25, 0.3) is 0 Å². The summed E-state index contributed by atoms with van der Waals surface area (Å²) in [6.45, 7) is 0. The standard InChI is InChI=1S/C22H38/c1-7-19-8-2-14-21(13-1,15-3-9-19)22-16-4-10-20(11-5-17-22)12-6-18-22/h19-20H,1-18H2. The molecular formula is C22H38. The predicted octanol–water partition coefficient (Wildman–Crippen LogP) is 7.27. The van der Waals surface area contributed by atoms with Crippen LogP contribution in [0.2, 0.25) is 0 Å². The van der Waals surface area contributed by atoms with Gasteiger partial charge in [-0.15, -0.1) is 0 Å². The maximum Gasteiger partial charge on any atom is -0.0241 e. The van der Waals surface area contributed by atoms with Crippen molar-refractivity contribution in [3.63, 3.8) is 0 Å². The normalized spacial score (nSPS) is 46.9. The Hall–Kier alpha value is 0. The molecule has 0 atom stereocenters. The Morgan fingerprint density at radius 3 is 0.818 bits per heavy atom. The van der Waals surface area contributed by atoms with Gasteiger partial charge in [-0.3, -0.25) is 0 Å². The number of rotatable bonds is 1. The molecule has 0 radical (unpaired) electrons. The van der Waals surface area contributed by atoms with Gasteiger partial charge < -0.3 is 0 Å². The van der Waals surface area contributed by atoms with E-state index in [9.17, 15) is 0 Å². The molecule has 0 aromatic heterocycles. The van der Waals surface area contributed by atoms with Crippen molar-refractivity contribution >= 4 is 0 Å². The Kier molecular flexibility index (Phi) is 4.57. The van der Waals surface area contributed by atoms with Crippen LogP contribution in [0.4, 0.5) is 0 Å². The molecule has 0 aromatic carbocycles. The van der Waals surface area contributed by atoms with Crippen LogP contribution in [0.5, 0.6) is 0 Å². The van der Waals surface area contributed by atoms with E-state index in [1.54, 1.807) is 116 Å². The van der Waals surface area contributed by atoms with Crippen molar-refractivity contribution in [1.82, 2.24) is 0 Å². The number of hydrogen-bond acceptors (Lipinski definition) is 0. The van der Waals surface area contributed by atoms with Crippen LogP contribution in [-0.2, 0) is 0 Å². The molecule has 6 saturated carbocycles. The molecule has 0 saturated heterocycles. The van der Waals surface area contributed by atoms with E-state index in [0.717, 1.165) is 22.7 Å². The van der Waals surface area contributed by atoms with Gasteiger partial charge in [-0.2, -0.15) is 0 Å². The Labute approximate surface area is 138 Å². The van der Waals surface area contributed by atoms with Gasteiger partial charge in [0.2, 0.25) is 0 Å². The van der Waals surface area contributed by atoms with Crippen molar-refractivity contribution in [3.05, 3.63) is 0 Å². The summed E-state index contributed by atoms with van der Waals surface area (Å²) in [4.78, 5) is 0. The molecule has 6 aliphatic rings. The van der Waals surface area contributed by atoms with E-state index in [0.29, 0.717) is 0 Å². The Balaban J connectivity index is 1.64. The third-order valence-electron chi connectivity index (χ3n) is 8.73. The number of fused-ring (bicyclic) bond motifs is 12. The lowest BCUT2D eigenvalue weighted by atomic mass is 9.49. The monoisotopic (exact) mass is 302 g/mol. The summed E-state index contributed by atoms with van der Waals surface area (Å²) >= 11 is 0. The smallest absolute Gasteiger partial charge is 0.0241 e. The minimum Gasteiger partial charge on any atom is -0.0525 e. The van der Waals surface area contributed by atoms with Gasteiger partial charge in [-0.25, -0.2) is 0 Å². The molecule has 0 heterocycles. The topological polar surface area (TPSA) is 0 Å². The first-order valence-electron chi connectivity index (χ1n) is 10.8. The molecule has 0 heteroatoms. The van der Waals surface area contributed by atoms with Crippen LogP contribution >= 0.6 is 0 Å². The van der Waals surface area contributed by atoms with E-state index in [1.807, 2.05) is 0 Å². The molecule has 0 aliphatic heterocycles. The van der Waals surface area contributed by atoms with Crippen molar-refractivity contribution < 1.29 is 0 Å². The molecular weight excluding hydrogens is 264 g/mol. The molecule has 0 N–H and O–H groups in total. The Bertz CT molecular complexity index is 279. The molecule has 4 bridgehead atoms. The highest BCUT2D eigenvalue weighted by atomic mass is 14.6. The van der Waals surface area contributed by atoms with E-state index >= 15 is 0 Å². The van der Waals surface area contributed by atoms with Gasteiger partial charge in [0, 0.05) is 0 Å². The molecule has 126 valence electrons. The molecule has 6 aliphatic carbocycles. The van der Waals surface area contributed by atoms with E-state index in [1.165, 1.54) is 0 Å². The van der Waals surface area contributed by atoms with Crippen LogP contribution in [0.25, 0.3) is 0 Å². The second-order valence-electron chi connectivity index (χ2n) is 9.65. The third-order valence-corrected chi connectivity index (χ3v) is 8.73. The zero-order chi connectivity index (χ0) is 14.9. The molecule has 0 unspecified atom stereocenters. The highest BCUT2D eigenvalue weighted by molar-refractivity contribution is 5.01. The summed E-state index contributed by atoms with van der Waals surface area (Å²) in [5, 5.41) is 0. The largest absolute Gasteiger partial charge is 0.0525 e. The van der Waals surface area contributed by atoms with Crippen LogP contribution < -0.4 is 0 Å². The SMILES string of the molecule is C1CC2CCCC(C34CCCC(CCC3)CCC4)(C1)CCC2. The Morgan fingerprint density at radius 1 is 0.364 bits per heavy atom. The molecule has 0 spiro atoms. The van der Waals surface area contributed by atoms with E-state index in [-0.39, 0.29) is 0 Å². The minimum atomic E-state index is 0.766. The maximum absolute atomic E-state index is 1.60. The van der Waals surface area contributed by atoms with E-state index in [4.69, 9.17) is 0 Å². The van der Waals surface area contributed by atoms with E-state index in [2.05, 4.69) is 0 Å². The zero-order valence-electron chi connectivity index (χ0n) is 14.9. The van der Waals surface area contributed by atoms with Gasteiger partial charge in [0.05, 0.1) is 0 Å². The quantitative estimate of drug-likeness (QED) is 0.478. The number of hydrogen-bond donors (Lipinski definition) is 0. The summed E-state index contributed by atoms with van der Waals surface area (Å²) in [6.07, 6.45) is 28.4. The second-order valence-corrected chi connectivity index (χ2v) is 9.65. The first kappa shape index (κ1) is 15.5. The van der Waals surface area contributed by atoms with Gasteiger partial charge in [-0.1, -0.05) is 77.0 Å². The third kappa shape index (κ3) is 2.78. The lowest BCUT2D eigenvalue weighted by molar-refractivity contribution is -0.0562. The highest BCUT2D eigenvalue weighted by Crippen LogP contribution is 2.62. The fourth-order valence-corrected chi connectivity index (χ4v) is 7.58. The second kappa shape index (κ2) is 6.48. The Morgan fingerprint density at radius 2 is 0.591 bits per heavy atom. The molecule has 0 amide bonds. The maximum atomic E-state index is 1.60. The van der Waals surface area contributed by atoms with Gasteiger partial charge in [0.15, 0.2) is 0 Å². The fourth-order valence-electron chi connectivity index (χ4n) is 7.58. The first-order chi connectivity index (χ1) is 10.8. The summed E-state index contributed by atoms with van der Waals surface area (Å²) in [5.74, 6) is 2.21. The van der Waals surface area contributed by atoms with Crippen LogP contribution in [0.15, 0.2) is 0 Å². The highest BCUT2D eigenvalue weighted by Gasteiger charge is 2.50. The van der Waals surface area contributed by atoms with Crippen molar-refractivity contribution in [1.29, 1.82) is 0 Å². The van der Waals surface area contributed by atoms with Gasteiger partial charge in [0.1, 0.15) is 0 Å². The molecule has 6 fully saturated rings. The van der Waals surface area contributed by atoms with Crippen molar-refractivity contribution in [2.75, 3.05) is 0 Å². The fraction of sp³-hybridized carbons (Fsp3) is 1.00. The van der Waals surface area contributed by atoms with Crippen molar-refractivity contribution in [2.45, 2.75) is 116 Å². The van der Waals surface area contributed by atoms with Crippen molar-refractivity contribution in [3.8, 4) is 0 Å². The molecule has 6 rings (SSSR count). The summed E-state index contributed by atoms with van der Waals surface area (Å²) in [7, 11) is 0. The van der Waals surface area contributed by atoms with Crippen molar-refractivity contribution in [2.24, 2.45) is 22.7 Å². The minimum absolute atomic E-state index is 0.766. The molecule has 0 nitrogen and oxygen atoms in total. The molecule has 0 aromatic rings. The average molecular weight is 303 g/mol. The zero-order valence-corrected chi connectivity index (χ0v) is 14.9. The van der Waals surface area contributed by atoms with E-state index < -0.39 is 0 Å². The summed E-state index contributed by atoms with van der Waals surface area (Å²) in [6, 6.07) is 0. The summed E-state index contributed by atoms with van der Waals surface area (Å²) < 4.78 is 0. The predicted molar refractivity (Wildman–Crippen MR) is 95.0 cm³/mol. The van der Waals surface area contributed by atoms with Gasteiger partial charge >= 0.3 is 0 Å². The lowest BCUT2D eigenvalue weighted by Gasteiger charge is -2.56. The van der Waals surface area contributed by atoms with Crippen LogP contribution in [0, 0.1) is 22.7 Å². The summed E-state index contributed by atoms with van der Waals surface area (Å²) in [5.41, 5.74) is 1.53. The lowest BCUT2D eigenvalue weighted by Crippen LogP contribution is -2.45. The van der Waals surface area contributed by atoms with Crippen LogP contribution in [0.1, 0.15) is 116 Å².